The monoisotopic (exact) mass is 306 g/mol. The van der Waals surface area contributed by atoms with E-state index in [-0.39, 0.29) is 17.2 Å². The van der Waals surface area contributed by atoms with Crippen LogP contribution >= 0.6 is 0 Å². The van der Waals surface area contributed by atoms with E-state index in [9.17, 15) is 5.11 Å². The van der Waals surface area contributed by atoms with E-state index in [0.717, 1.165) is 0 Å². The third-order valence-corrected chi connectivity index (χ3v) is 2.96. The molecule has 0 aliphatic carbocycles. The summed E-state index contributed by atoms with van der Waals surface area (Å²) in [5, 5.41) is 21.6. The number of ether oxygens (including phenoxy) is 2. The van der Waals surface area contributed by atoms with Gasteiger partial charge in [0.05, 0.1) is 20.4 Å². The fourth-order valence-electron chi connectivity index (χ4n) is 1.79. The highest BCUT2D eigenvalue weighted by Crippen LogP contribution is 2.36. The molecule has 1 aromatic heterocycles. The highest BCUT2D eigenvalue weighted by Gasteiger charge is 2.10. The normalized spacial score (nSPS) is 10.9. The van der Waals surface area contributed by atoms with Gasteiger partial charge in [-0.15, -0.1) is 10.2 Å². The number of aryl methyl sites for hydroxylation is 1. The lowest BCUT2D eigenvalue weighted by atomic mass is 10.2. The van der Waals surface area contributed by atoms with Gasteiger partial charge in [0.1, 0.15) is 0 Å². The molecule has 0 aliphatic heterocycles. The summed E-state index contributed by atoms with van der Waals surface area (Å²) in [7, 11) is 2.91. The number of methoxy groups -OCH3 is 2. The number of phenolic OH excluding ortho intramolecular Hbond substituents is 1. The molecule has 0 fully saturated rings. The van der Waals surface area contributed by atoms with Gasteiger partial charge < -0.3 is 20.4 Å². The molecule has 0 amide bonds. The van der Waals surface area contributed by atoms with Gasteiger partial charge in [-0.2, -0.15) is 5.10 Å². The largest absolute Gasteiger partial charge is 0.502 e. The zero-order valence-electron chi connectivity index (χ0n) is 12.6. The molecule has 22 heavy (non-hydrogen) atoms. The second-order valence-corrected chi connectivity index (χ2v) is 4.31. The summed E-state index contributed by atoms with van der Waals surface area (Å²) in [6, 6.07) is 3.24. The number of benzene rings is 1. The fraction of sp³-hybridized carbons (Fsp3) is 0.308. The van der Waals surface area contributed by atoms with E-state index in [2.05, 4.69) is 20.7 Å². The first-order valence-electron chi connectivity index (χ1n) is 6.54. The summed E-state index contributed by atoms with van der Waals surface area (Å²) < 4.78 is 11.5. The predicted octanol–water partition coefficient (Wildman–Crippen LogP) is 0.723. The van der Waals surface area contributed by atoms with Crippen molar-refractivity contribution in [1.29, 1.82) is 0 Å². The minimum Gasteiger partial charge on any atom is -0.502 e. The van der Waals surface area contributed by atoms with Gasteiger partial charge >= 0.3 is 0 Å². The Bertz CT molecular complexity index is 657. The van der Waals surface area contributed by atoms with Gasteiger partial charge in [-0.05, 0) is 12.1 Å². The van der Waals surface area contributed by atoms with E-state index in [1.807, 2.05) is 6.92 Å². The van der Waals surface area contributed by atoms with Gasteiger partial charge in [0.15, 0.2) is 17.3 Å². The van der Waals surface area contributed by atoms with Crippen molar-refractivity contribution in [3.05, 3.63) is 23.5 Å². The molecule has 118 valence electrons. The van der Waals surface area contributed by atoms with Crippen LogP contribution in [0.5, 0.6) is 17.2 Å². The lowest BCUT2D eigenvalue weighted by Crippen LogP contribution is -2.14. The summed E-state index contributed by atoms with van der Waals surface area (Å²) in [6.45, 7) is 1.93. The average molecular weight is 306 g/mol. The summed E-state index contributed by atoms with van der Waals surface area (Å²) >= 11 is 0. The van der Waals surface area contributed by atoms with Crippen LogP contribution in [0.15, 0.2) is 17.2 Å². The lowest BCUT2D eigenvalue weighted by Gasteiger charge is -2.09. The number of aromatic nitrogens is 3. The minimum atomic E-state index is -0.0654. The highest BCUT2D eigenvalue weighted by atomic mass is 16.5. The molecule has 1 heterocycles. The molecule has 9 heteroatoms. The zero-order chi connectivity index (χ0) is 16.1. The maximum atomic E-state index is 9.83. The van der Waals surface area contributed by atoms with Crippen LogP contribution in [-0.2, 0) is 6.42 Å². The van der Waals surface area contributed by atoms with Gasteiger partial charge in [0, 0.05) is 12.0 Å². The van der Waals surface area contributed by atoms with Crippen LogP contribution in [0.2, 0.25) is 0 Å². The van der Waals surface area contributed by atoms with Crippen molar-refractivity contribution >= 4 is 12.2 Å². The first kappa shape index (κ1) is 15.4. The zero-order valence-corrected chi connectivity index (χ0v) is 12.6. The third-order valence-electron chi connectivity index (χ3n) is 2.96. The summed E-state index contributed by atoms with van der Waals surface area (Å²) in [6.07, 6.45) is 2.19. The van der Waals surface area contributed by atoms with E-state index in [4.69, 9.17) is 15.3 Å². The molecule has 1 aromatic carbocycles. The molecule has 2 aromatic rings. The van der Waals surface area contributed by atoms with Crippen LogP contribution in [0.1, 0.15) is 18.3 Å². The van der Waals surface area contributed by atoms with Gasteiger partial charge in [0.2, 0.25) is 5.75 Å². The van der Waals surface area contributed by atoms with Crippen LogP contribution in [0.25, 0.3) is 0 Å². The van der Waals surface area contributed by atoms with Crippen LogP contribution < -0.4 is 20.7 Å². The van der Waals surface area contributed by atoms with E-state index in [1.54, 1.807) is 12.1 Å². The number of nitrogen functional groups attached to an aromatic ring is 1. The number of anilines is 1. The number of rotatable bonds is 6. The molecule has 0 bridgehead atoms. The molecule has 9 nitrogen and oxygen atoms in total. The number of nitrogens with zero attached hydrogens (tertiary/aromatic N) is 4. The van der Waals surface area contributed by atoms with Gasteiger partial charge in [-0.25, -0.2) is 10.1 Å². The number of hydrogen-bond donors (Lipinski definition) is 3. The standard InChI is InChI=1S/C13H18N6O3/c1-4-11-16-18-13(19(11)14)17-15-7-8-5-9(21-2)12(20)10(6-8)22-3/h5-7,20H,4,14H2,1-3H3,(H,17,18). The molecule has 4 N–H and O–H groups in total. The maximum absolute atomic E-state index is 9.83. The van der Waals surface area contributed by atoms with E-state index >= 15 is 0 Å². The number of hydrazone groups is 1. The predicted molar refractivity (Wildman–Crippen MR) is 82.0 cm³/mol. The van der Waals surface area contributed by atoms with Crippen molar-refractivity contribution in [2.24, 2.45) is 5.10 Å². The topological polar surface area (TPSA) is 120 Å². The maximum Gasteiger partial charge on any atom is 0.263 e. The highest BCUT2D eigenvalue weighted by molar-refractivity contribution is 5.82. The van der Waals surface area contributed by atoms with Crippen LogP contribution in [0.4, 0.5) is 5.95 Å². The summed E-state index contributed by atoms with van der Waals surface area (Å²) in [5.41, 5.74) is 3.36. The molecule has 0 saturated heterocycles. The van der Waals surface area contributed by atoms with Crippen molar-refractivity contribution in [2.75, 3.05) is 25.5 Å². The molecule has 2 rings (SSSR count). The van der Waals surface area contributed by atoms with Crippen molar-refractivity contribution in [1.82, 2.24) is 14.9 Å². The lowest BCUT2D eigenvalue weighted by molar-refractivity contribution is 0.340. The quantitative estimate of drug-likeness (QED) is 0.408. The summed E-state index contributed by atoms with van der Waals surface area (Å²) in [5.74, 6) is 7.27. The number of aromatic hydroxyl groups is 1. The van der Waals surface area contributed by atoms with E-state index in [1.165, 1.54) is 25.1 Å². The van der Waals surface area contributed by atoms with Crippen LogP contribution in [0, 0.1) is 0 Å². The van der Waals surface area contributed by atoms with Gasteiger partial charge in [-0.3, -0.25) is 0 Å². The van der Waals surface area contributed by atoms with Gasteiger partial charge in [0.25, 0.3) is 5.95 Å². The molecule has 0 saturated carbocycles. The van der Waals surface area contributed by atoms with Gasteiger partial charge in [-0.1, -0.05) is 6.92 Å². The summed E-state index contributed by atoms with van der Waals surface area (Å²) in [4.78, 5) is 0. The molecule has 0 unspecified atom stereocenters. The first-order chi connectivity index (χ1) is 10.6. The molecule has 0 atom stereocenters. The van der Waals surface area contributed by atoms with Crippen LogP contribution in [-0.4, -0.2) is 40.4 Å². The second-order valence-electron chi connectivity index (χ2n) is 4.31. The fourth-order valence-corrected chi connectivity index (χ4v) is 1.79. The number of phenols is 1. The average Bonchev–Trinajstić information content (AvgIpc) is 2.89. The SMILES string of the molecule is CCc1nnc(NN=Cc2cc(OC)c(O)c(OC)c2)n1N. The Hall–Kier alpha value is -2.97. The number of hydrogen-bond acceptors (Lipinski definition) is 8. The van der Waals surface area contributed by atoms with Crippen molar-refractivity contribution < 1.29 is 14.6 Å². The molecular weight excluding hydrogens is 288 g/mol. The molecule has 0 aliphatic rings. The molecule has 0 spiro atoms. The Morgan fingerprint density at radius 1 is 1.32 bits per heavy atom. The Kier molecular flexibility index (Phi) is 4.66. The number of nitrogens with one attached hydrogen (secondary N) is 1. The Morgan fingerprint density at radius 2 is 1.95 bits per heavy atom. The Labute approximate surface area is 127 Å². The van der Waals surface area contributed by atoms with Crippen molar-refractivity contribution in [2.45, 2.75) is 13.3 Å². The molecular formula is C13H18N6O3. The Morgan fingerprint density at radius 3 is 2.45 bits per heavy atom. The third kappa shape index (κ3) is 3.03. The van der Waals surface area contributed by atoms with E-state index in [0.29, 0.717) is 23.8 Å². The number of nitrogens with two attached hydrogens (primary N) is 1. The van der Waals surface area contributed by atoms with E-state index < -0.39 is 0 Å². The first-order valence-corrected chi connectivity index (χ1v) is 6.54. The Balaban J connectivity index is 2.17. The second kappa shape index (κ2) is 6.66. The van der Waals surface area contributed by atoms with Crippen molar-refractivity contribution in [3.63, 3.8) is 0 Å². The molecule has 0 radical (unpaired) electrons. The van der Waals surface area contributed by atoms with Crippen molar-refractivity contribution in [3.8, 4) is 17.2 Å². The minimum absolute atomic E-state index is 0.0654. The smallest absolute Gasteiger partial charge is 0.263 e. The van der Waals surface area contributed by atoms with Crippen LogP contribution in [0.3, 0.4) is 0 Å².